The standard InChI is InChI=1S/C22H26ClN3O2/c1-16-9-10-19(18(23)13-16)25-21(28)26-12-6-11-22(2,15-26)20(27)24-14-17-7-4-3-5-8-17/h3-5,7-10,13H,6,11-12,14-15H2,1-2H3,(H,24,27)(H,25,28)/t22-/m0/s1. The highest BCUT2D eigenvalue weighted by Crippen LogP contribution is 2.31. The first kappa shape index (κ1) is 20.2. The summed E-state index contributed by atoms with van der Waals surface area (Å²) in [6.45, 7) is 5.35. The third-order valence-electron chi connectivity index (χ3n) is 5.19. The van der Waals surface area contributed by atoms with Gasteiger partial charge in [-0.2, -0.15) is 0 Å². The van der Waals surface area contributed by atoms with Crippen molar-refractivity contribution in [3.8, 4) is 0 Å². The molecule has 6 heteroatoms. The van der Waals surface area contributed by atoms with Crippen LogP contribution in [0.25, 0.3) is 0 Å². The predicted molar refractivity (Wildman–Crippen MR) is 112 cm³/mol. The molecule has 1 atom stereocenters. The summed E-state index contributed by atoms with van der Waals surface area (Å²) in [6.07, 6.45) is 1.53. The summed E-state index contributed by atoms with van der Waals surface area (Å²) >= 11 is 6.22. The summed E-state index contributed by atoms with van der Waals surface area (Å²) in [7, 11) is 0. The molecule has 0 radical (unpaired) electrons. The van der Waals surface area contributed by atoms with Crippen molar-refractivity contribution < 1.29 is 9.59 Å². The Morgan fingerprint density at radius 2 is 1.93 bits per heavy atom. The largest absolute Gasteiger partial charge is 0.351 e. The molecule has 2 aromatic rings. The zero-order valence-electron chi connectivity index (χ0n) is 16.3. The van der Waals surface area contributed by atoms with E-state index in [-0.39, 0.29) is 11.9 Å². The number of hydrogen-bond acceptors (Lipinski definition) is 2. The lowest BCUT2D eigenvalue weighted by molar-refractivity contribution is -0.132. The molecule has 1 fully saturated rings. The number of carbonyl (C=O) groups is 2. The van der Waals surface area contributed by atoms with Crippen LogP contribution in [0.15, 0.2) is 48.5 Å². The van der Waals surface area contributed by atoms with Crippen LogP contribution < -0.4 is 10.6 Å². The Labute approximate surface area is 171 Å². The number of piperidine rings is 1. The molecule has 0 saturated carbocycles. The number of carbonyl (C=O) groups excluding carboxylic acids is 2. The van der Waals surface area contributed by atoms with E-state index in [0.717, 1.165) is 24.0 Å². The Kier molecular flexibility index (Phi) is 6.25. The van der Waals surface area contributed by atoms with Crippen molar-refractivity contribution in [2.75, 3.05) is 18.4 Å². The monoisotopic (exact) mass is 399 g/mol. The first-order chi connectivity index (χ1) is 13.4. The molecule has 0 unspecified atom stereocenters. The molecule has 1 heterocycles. The zero-order valence-corrected chi connectivity index (χ0v) is 17.1. The van der Waals surface area contributed by atoms with E-state index in [9.17, 15) is 9.59 Å². The summed E-state index contributed by atoms with van der Waals surface area (Å²) in [5.74, 6) is -0.0257. The quantitative estimate of drug-likeness (QED) is 0.789. The van der Waals surface area contributed by atoms with Gasteiger partial charge in [-0.15, -0.1) is 0 Å². The number of amides is 3. The molecule has 3 amide bonds. The lowest BCUT2D eigenvalue weighted by Crippen LogP contribution is -2.52. The number of aryl methyl sites for hydroxylation is 1. The van der Waals surface area contributed by atoms with E-state index in [2.05, 4.69) is 10.6 Å². The van der Waals surface area contributed by atoms with Gasteiger partial charge in [0.05, 0.1) is 16.1 Å². The second kappa shape index (κ2) is 8.65. The van der Waals surface area contributed by atoms with Gasteiger partial charge in [0, 0.05) is 19.6 Å². The maximum absolute atomic E-state index is 12.8. The summed E-state index contributed by atoms with van der Waals surface area (Å²) in [5, 5.41) is 6.39. The number of rotatable bonds is 4. The highest BCUT2D eigenvalue weighted by Gasteiger charge is 2.39. The molecule has 0 aromatic heterocycles. The van der Waals surface area contributed by atoms with Crippen LogP contribution in [-0.4, -0.2) is 29.9 Å². The Balaban J connectivity index is 1.61. The molecule has 148 valence electrons. The topological polar surface area (TPSA) is 61.4 Å². The number of likely N-dealkylation sites (tertiary alicyclic amines) is 1. The maximum Gasteiger partial charge on any atom is 0.321 e. The van der Waals surface area contributed by atoms with Crippen LogP contribution in [0.5, 0.6) is 0 Å². The van der Waals surface area contributed by atoms with Crippen molar-refractivity contribution in [2.24, 2.45) is 5.41 Å². The second-order valence-corrected chi connectivity index (χ2v) is 8.07. The molecule has 5 nitrogen and oxygen atoms in total. The summed E-state index contributed by atoms with van der Waals surface area (Å²) in [5.41, 5.74) is 2.06. The molecule has 2 N–H and O–H groups in total. The summed E-state index contributed by atoms with van der Waals surface area (Å²) < 4.78 is 0. The predicted octanol–water partition coefficient (Wildman–Crippen LogP) is 4.60. The second-order valence-electron chi connectivity index (χ2n) is 7.67. The molecular formula is C22H26ClN3O2. The van der Waals surface area contributed by atoms with Crippen LogP contribution in [0.3, 0.4) is 0 Å². The fraction of sp³-hybridized carbons (Fsp3) is 0.364. The number of nitrogens with zero attached hydrogens (tertiary/aromatic N) is 1. The number of benzene rings is 2. The molecule has 1 aliphatic rings. The molecule has 2 aromatic carbocycles. The number of urea groups is 1. The molecule has 28 heavy (non-hydrogen) atoms. The van der Waals surface area contributed by atoms with E-state index in [1.54, 1.807) is 11.0 Å². The number of halogens is 1. The van der Waals surface area contributed by atoms with Crippen molar-refractivity contribution in [3.63, 3.8) is 0 Å². The van der Waals surface area contributed by atoms with Gasteiger partial charge >= 0.3 is 6.03 Å². The van der Waals surface area contributed by atoms with Crippen LogP contribution in [0.4, 0.5) is 10.5 Å². The van der Waals surface area contributed by atoms with E-state index in [1.165, 1.54) is 0 Å². The van der Waals surface area contributed by atoms with Crippen molar-refractivity contribution >= 4 is 29.2 Å². The Hall–Kier alpha value is -2.53. The third-order valence-corrected chi connectivity index (χ3v) is 5.51. The van der Waals surface area contributed by atoms with Crippen molar-refractivity contribution in [2.45, 2.75) is 33.2 Å². The summed E-state index contributed by atoms with van der Waals surface area (Å²) in [4.78, 5) is 27.2. The van der Waals surface area contributed by atoms with Crippen molar-refractivity contribution in [3.05, 3.63) is 64.7 Å². The van der Waals surface area contributed by atoms with Gasteiger partial charge in [0.1, 0.15) is 0 Å². The van der Waals surface area contributed by atoms with Gasteiger partial charge in [-0.05, 0) is 49.9 Å². The minimum Gasteiger partial charge on any atom is -0.351 e. The van der Waals surface area contributed by atoms with Crippen LogP contribution in [0, 0.1) is 12.3 Å². The maximum atomic E-state index is 12.8. The molecule has 0 bridgehead atoms. The lowest BCUT2D eigenvalue weighted by atomic mass is 9.81. The Morgan fingerprint density at radius 3 is 2.64 bits per heavy atom. The van der Waals surface area contributed by atoms with Gasteiger partial charge in [-0.3, -0.25) is 4.79 Å². The highest BCUT2D eigenvalue weighted by atomic mass is 35.5. The van der Waals surface area contributed by atoms with Gasteiger partial charge in [0.15, 0.2) is 0 Å². The van der Waals surface area contributed by atoms with Gasteiger partial charge in [-0.1, -0.05) is 48.0 Å². The smallest absolute Gasteiger partial charge is 0.321 e. The minimum atomic E-state index is -0.610. The Morgan fingerprint density at radius 1 is 1.18 bits per heavy atom. The lowest BCUT2D eigenvalue weighted by Gasteiger charge is -2.39. The van der Waals surface area contributed by atoms with E-state index >= 15 is 0 Å². The van der Waals surface area contributed by atoms with Crippen LogP contribution >= 0.6 is 11.6 Å². The zero-order chi connectivity index (χ0) is 20.1. The summed E-state index contributed by atoms with van der Waals surface area (Å²) in [6, 6.07) is 15.1. The van der Waals surface area contributed by atoms with Crippen molar-refractivity contribution in [1.29, 1.82) is 0 Å². The van der Waals surface area contributed by atoms with E-state index in [0.29, 0.717) is 30.3 Å². The number of nitrogens with one attached hydrogen (secondary N) is 2. The van der Waals surface area contributed by atoms with E-state index in [1.807, 2.05) is 56.3 Å². The molecule has 0 aliphatic carbocycles. The van der Waals surface area contributed by atoms with Gasteiger partial charge < -0.3 is 15.5 Å². The average molecular weight is 400 g/mol. The highest BCUT2D eigenvalue weighted by molar-refractivity contribution is 6.33. The molecule has 3 rings (SSSR count). The average Bonchev–Trinajstić information content (AvgIpc) is 2.69. The number of anilines is 1. The van der Waals surface area contributed by atoms with Crippen LogP contribution in [0.2, 0.25) is 5.02 Å². The SMILES string of the molecule is Cc1ccc(NC(=O)N2CCC[C@](C)(C(=O)NCc3ccccc3)C2)c(Cl)c1. The molecule has 0 spiro atoms. The molecule has 1 aliphatic heterocycles. The first-order valence-electron chi connectivity index (χ1n) is 9.52. The Bertz CT molecular complexity index is 856. The van der Waals surface area contributed by atoms with E-state index < -0.39 is 5.41 Å². The van der Waals surface area contributed by atoms with Gasteiger partial charge in [0.2, 0.25) is 5.91 Å². The van der Waals surface area contributed by atoms with Crippen LogP contribution in [-0.2, 0) is 11.3 Å². The van der Waals surface area contributed by atoms with Gasteiger partial charge in [-0.25, -0.2) is 4.79 Å². The van der Waals surface area contributed by atoms with Gasteiger partial charge in [0.25, 0.3) is 0 Å². The fourth-order valence-electron chi connectivity index (χ4n) is 3.51. The molecular weight excluding hydrogens is 374 g/mol. The number of hydrogen-bond donors (Lipinski definition) is 2. The molecule has 1 saturated heterocycles. The first-order valence-corrected chi connectivity index (χ1v) is 9.89. The minimum absolute atomic E-state index is 0.0257. The normalized spacial score (nSPS) is 19.2. The third kappa shape index (κ3) is 4.84. The van der Waals surface area contributed by atoms with Crippen molar-refractivity contribution in [1.82, 2.24) is 10.2 Å². The van der Waals surface area contributed by atoms with Crippen LogP contribution in [0.1, 0.15) is 30.9 Å². The van der Waals surface area contributed by atoms with E-state index in [4.69, 9.17) is 11.6 Å². The fourth-order valence-corrected chi connectivity index (χ4v) is 3.79.